The smallest absolute Gasteiger partial charge is 0.244 e. The van der Waals surface area contributed by atoms with Crippen molar-refractivity contribution in [3.8, 4) is 0 Å². The molecule has 1 heterocycles. The number of nitrogens with zero attached hydrogens (tertiary/aromatic N) is 1. The summed E-state index contributed by atoms with van der Waals surface area (Å²) in [5.41, 5.74) is 0. The summed E-state index contributed by atoms with van der Waals surface area (Å²) in [4.78, 5) is -0.168. The van der Waals surface area contributed by atoms with Crippen molar-refractivity contribution >= 4 is 34.0 Å². The van der Waals surface area contributed by atoms with Crippen LogP contribution in [0.2, 0.25) is 5.02 Å². The van der Waals surface area contributed by atoms with E-state index in [1.54, 1.807) is 0 Å². The molecule has 0 radical (unpaired) electrons. The lowest BCUT2D eigenvalue weighted by molar-refractivity contribution is 0.310. The summed E-state index contributed by atoms with van der Waals surface area (Å²) < 4.78 is 39.2. The summed E-state index contributed by atoms with van der Waals surface area (Å²) in [6.07, 6.45) is 0. The fraction of sp³-hybridized carbons (Fsp3) is 0.455. The second-order valence-corrected chi connectivity index (χ2v) is 6.61. The average molecular weight is 329 g/mol. The molecule has 1 aromatic rings. The number of piperazine rings is 1. The van der Waals surface area contributed by atoms with Crippen LogP contribution in [0.25, 0.3) is 0 Å². The van der Waals surface area contributed by atoms with Gasteiger partial charge in [0.15, 0.2) is 0 Å². The van der Waals surface area contributed by atoms with E-state index in [1.165, 1.54) is 10.4 Å². The monoisotopic (exact) mass is 328 g/mol. The molecule has 0 amide bonds. The lowest BCUT2D eigenvalue weighted by Crippen LogP contribution is -2.51. The molecule has 19 heavy (non-hydrogen) atoms. The Morgan fingerprint density at radius 1 is 1.47 bits per heavy atom. The first-order chi connectivity index (χ1) is 8.41. The van der Waals surface area contributed by atoms with Crippen LogP contribution in [0.5, 0.6) is 0 Å². The molecule has 0 aliphatic carbocycles. The molecule has 2 rings (SSSR count). The van der Waals surface area contributed by atoms with Crippen LogP contribution in [0.4, 0.5) is 4.39 Å². The summed E-state index contributed by atoms with van der Waals surface area (Å²) in [7, 11) is -3.73. The zero-order valence-corrected chi connectivity index (χ0v) is 12.7. The second kappa shape index (κ2) is 6.37. The largest absolute Gasteiger partial charge is 0.312 e. The van der Waals surface area contributed by atoms with E-state index < -0.39 is 15.8 Å². The highest BCUT2D eigenvalue weighted by atomic mass is 35.5. The maximum Gasteiger partial charge on any atom is 0.244 e. The van der Waals surface area contributed by atoms with Gasteiger partial charge >= 0.3 is 0 Å². The number of hydrogen-bond acceptors (Lipinski definition) is 3. The molecule has 4 nitrogen and oxygen atoms in total. The summed E-state index contributed by atoms with van der Waals surface area (Å²) in [5.74, 6) is -0.610. The average Bonchev–Trinajstić information content (AvgIpc) is 2.32. The maximum atomic E-state index is 13.2. The van der Waals surface area contributed by atoms with E-state index in [9.17, 15) is 12.8 Å². The summed E-state index contributed by atoms with van der Waals surface area (Å²) in [6.45, 7) is 3.19. The Morgan fingerprint density at radius 2 is 2.16 bits per heavy atom. The van der Waals surface area contributed by atoms with Gasteiger partial charge in [0.25, 0.3) is 0 Å². The van der Waals surface area contributed by atoms with Crippen LogP contribution in [0.1, 0.15) is 6.92 Å². The van der Waals surface area contributed by atoms with Gasteiger partial charge in [-0.25, -0.2) is 12.8 Å². The molecule has 1 fully saturated rings. The lowest BCUT2D eigenvalue weighted by Gasteiger charge is -2.31. The minimum absolute atomic E-state index is 0. The summed E-state index contributed by atoms with van der Waals surface area (Å²) in [6, 6.07) is 3.43. The SMILES string of the molecule is C[C@H]1CN(S(=O)(=O)c2cc(F)ccc2Cl)CCN1.Cl. The van der Waals surface area contributed by atoms with E-state index in [-0.39, 0.29) is 28.4 Å². The quantitative estimate of drug-likeness (QED) is 0.901. The van der Waals surface area contributed by atoms with Gasteiger partial charge in [-0.1, -0.05) is 11.6 Å². The molecule has 8 heteroatoms. The predicted molar refractivity (Wildman–Crippen MR) is 74.9 cm³/mol. The van der Waals surface area contributed by atoms with Gasteiger partial charge in [-0.2, -0.15) is 4.31 Å². The van der Waals surface area contributed by atoms with E-state index in [0.717, 1.165) is 12.1 Å². The van der Waals surface area contributed by atoms with Crippen molar-refractivity contribution in [2.45, 2.75) is 17.9 Å². The van der Waals surface area contributed by atoms with E-state index >= 15 is 0 Å². The Labute approximate surface area is 123 Å². The molecule has 0 unspecified atom stereocenters. The predicted octanol–water partition coefficient (Wildman–Crippen LogP) is 1.88. The molecule has 0 saturated carbocycles. The van der Waals surface area contributed by atoms with Gasteiger partial charge in [0.1, 0.15) is 10.7 Å². The third kappa shape index (κ3) is 3.58. The second-order valence-electron chi connectivity index (χ2n) is 4.29. The summed E-state index contributed by atoms with van der Waals surface area (Å²) in [5, 5.41) is 3.19. The van der Waals surface area contributed by atoms with Crippen LogP contribution in [-0.4, -0.2) is 38.4 Å². The minimum atomic E-state index is -3.73. The molecule has 0 spiro atoms. The van der Waals surface area contributed by atoms with E-state index in [2.05, 4.69) is 5.32 Å². The molecule has 0 bridgehead atoms. The van der Waals surface area contributed by atoms with Crippen LogP contribution in [0, 0.1) is 5.82 Å². The highest BCUT2D eigenvalue weighted by molar-refractivity contribution is 7.89. The lowest BCUT2D eigenvalue weighted by atomic mass is 10.3. The van der Waals surface area contributed by atoms with Crippen molar-refractivity contribution in [2.75, 3.05) is 19.6 Å². The van der Waals surface area contributed by atoms with Gasteiger partial charge in [0, 0.05) is 25.7 Å². The molecule has 1 atom stereocenters. The Morgan fingerprint density at radius 3 is 2.79 bits per heavy atom. The topological polar surface area (TPSA) is 49.4 Å². The van der Waals surface area contributed by atoms with Crippen LogP contribution in [-0.2, 0) is 10.0 Å². The van der Waals surface area contributed by atoms with E-state index in [4.69, 9.17) is 11.6 Å². The van der Waals surface area contributed by atoms with Crippen molar-refractivity contribution in [1.82, 2.24) is 9.62 Å². The van der Waals surface area contributed by atoms with Gasteiger partial charge in [-0.15, -0.1) is 12.4 Å². The summed E-state index contributed by atoms with van der Waals surface area (Å²) >= 11 is 5.85. The van der Waals surface area contributed by atoms with Crippen molar-refractivity contribution in [1.29, 1.82) is 0 Å². The first-order valence-electron chi connectivity index (χ1n) is 5.60. The van der Waals surface area contributed by atoms with Crippen LogP contribution < -0.4 is 5.32 Å². The van der Waals surface area contributed by atoms with Gasteiger partial charge < -0.3 is 5.32 Å². The maximum absolute atomic E-state index is 13.2. The number of benzene rings is 1. The van der Waals surface area contributed by atoms with Crippen molar-refractivity contribution in [3.05, 3.63) is 29.0 Å². The molecule has 1 aromatic carbocycles. The Bertz CT molecular complexity index is 554. The van der Waals surface area contributed by atoms with E-state index in [0.29, 0.717) is 19.6 Å². The molecular formula is C11H15Cl2FN2O2S. The Balaban J connectivity index is 0.00000180. The number of rotatable bonds is 2. The fourth-order valence-corrected chi connectivity index (χ4v) is 3.94. The number of halogens is 3. The highest BCUT2D eigenvalue weighted by Crippen LogP contribution is 2.26. The first-order valence-corrected chi connectivity index (χ1v) is 7.41. The fourth-order valence-electron chi connectivity index (χ4n) is 1.93. The normalized spacial score (nSPS) is 20.9. The number of nitrogens with one attached hydrogen (secondary N) is 1. The molecular weight excluding hydrogens is 314 g/mol. The van der Waals surface area contributed by atoms with E-state index in [1.807, 2.05) is 6.92 Å². The van der Waals surface area contributed by atoms with Crippen LogP contribution >= 0.6 is 24.0 Å². The Hall–Kier alpha value is -0.400. The van der Waals surface area contributed by atoms with Gasteiger partial charge in [0.2, 0.25) is 10.0 Å². The molecule has 1 aliphatic heterocycles. The first kappa shape index (κ1) is 16.7. The van der Waals surface area contributed by atoms with Gasteiger partial charge in [-0.05, 0) is 25.1 Å². The van der Waals surface area contributed by atoms with Crippen LogP contribution in [0.3, 0.4) is 0 Å². The zero-order chi connectivity index (χ0) is 13.3. The van der Waals surface area contributed by atoms with Crippen molar-refractivity contribution in [3.63, 3.8) is 0 Å². The van der Waals surface area contributed by atoms with Gasteiger partial charge in [-0.3, -0.25) is 0 Å². The van der Waals surface area contributed by atoms with Crippen molar-refractivity contribution < 1.29 is 12.8 Å². The molecule has 0 aromatic heterocycles. The molecule has 1 saturated heterocycles. The molecule has 108 valence electrons. The minimum Gasteiger partial charge on any atom is -0.312 e. The van der Waals surface area contributed by atoms with Crippen LogP contribution in [0.15, 0.2) is 23.1 Å². The third-order valence-electron chi connectivity index (χ3n) is 2.84. The zero-order valence-electron chi connectivity index (χ0n) is 10.3. The number of hydrogen-bond donors (Lipinski definition) is 1. The number of sulfonamides is 1. The highest BCUT2D eigenvalue weighted by Gasteiger charge is 2.30. The van der Waals surface area contributed by atoms with Gasteiger partial charge in [0.05, 0.1) is 5.02 Å². The molecule has 1 N–H and O–H groups in total. The van der Waals surface area contributed by atoms with Crippen molar-refractivity contribution in [2.24, 2.45) is 0 Å². The standard InChI is InChI=1S/C11H14ClFN2O2S.ClH/c1-8-7-15(5-4-14-8)18(16,17)11-6-9(13)2-3-10(11)12;/h2-3,6,8,14H,4-5,7H2,1H3;1H/t8-;/m0./s1. The molecule has 1 aliphatic rings. The Kier molecular flexibility index (Phi) is 5.58. The third-order valence-corrected chi connectivity index (χ3v) is 5.19.